The second-order valence-corrected chi connectivity index (χ2v) is 1.23. The van der Waals surface area contributed by atoms with Gasteiger partial charge in [-0.15, -0.1) is 0 Å². The Labute approximate surface area is 49.3 Å². The van der Waals surface area contributed by atoms with Crippen LogP contribution < -0.4 is 0 Å². The Bertz CT molecular complexity index is 80.5. The lowest BCUT2D eigenvalue weighted by Crippen LogP contribution is -1.98. The van der Waals surface area contributed by atoms with Crippen molar-refractivity contribution in [1.82, 2.24) is 0 Å². The van der Waals surface area contributed by atoms with Gasteiger partial charge in [-0.25, -0.2) is 0 Å². The van der Waals surface area contributed by atoms with Crippen molar-refractivity contribution in [3.05, 3.63) is 0 Å². The van der Waals surface area contributed by atoms with E-state index in [0.29, 0.717) is 12.5 Å². The fourth-order valence-electron chi connectivity index (χ4n) is 0.364. The fraction of sp³-hybridized carbons (Fsp3) is 0.800. The van der Waals surface area contributed by atoms with Crippen LogP contribution >= 0.6 is 0 Å². The molecule has 48 valence electrons. The molecule has 0 aliphatic heterocycles. The molecule has 0 aliphatic rings. The van der Waals surface area contributed by atoms with E-state index in [-0.39, 0.29) is 0 Å². The van der Waals surface area contributed by atoms with Gasteiger partial charge in [0.15, 0.2) is 0 Å². The summed E-state index contributed by atoms with van der Waals surface area (Å²) in [4.78, 5) is 4.42. The molecule has 0 saturated heterocycles. The zero-order valence-electron chi connectivity index (χ0n) is 5.47. The van der Waals surface area contributed by atoms with Crippen LogP contribution in [0.15, 0.2) is 5.16 Å². The van der Waals surface area contributed by atoms with E-state index in [2.05, 4.69) is 9.99 Å². The van der Waals surface area contributed by atoms with Crippen LogP contribution in [0.4, 0.5) is 0 Å². The van der Waals surface area contributed by atoms with Gasteiger partial charge in [0.25, 0.3) is 0 Å². The number of oxime groups is 1. The zero-order valence-corrected chi connectivity index (χ0v) is 5.47. The van der Waals surface area contributed by atoms with E-state index in [4.69, 9.17) is 4.74 Å². The molecule has 0 spiro atoms. The third kappa shape index (κ3) is 3.46. The van der Waals surface area contributed by atoms with Gasteiger partial charge in [0.05, 0.1) is 6.61 Å². The third-order valence-corrected chi connectivity index (χ3v) is 0.573. The first-order chi connectivity index (χ1) is 3.81. The smallest absolute Gasteiger partial charge is 0.222 e. The summed E-state index contributed by atoms with van der Waals surface area (Å²) < 4.78 is 4.91. The molecular formula is C5H11NO2. The Morgan fingerprint density at radius 3 is 2.62 bits per heavy atom. The van der Waals surface area contributed by atoms with Gasteiger partial charge in [0, 0.05) is 6.92 Å². The van der Waals surface area contributed by atoms with Crippen molar-refractivity contribution >= 4 is 5.90 Å². The van der Waals surface area contributed by atoms with Crippen LogP contribution in [-0.4, -0.2) is 19.6 Å². The highest BCUT2D eigenvalue weighted by Gasteiger charge is 1.84. The lowest BCUT2D eigenvalue weighted by Gasteiger charge is -1.97. The highest BCUT2D eigenvalue weighted by atomic mass is 16.6. The predicted molar refractivity (Wildman–Crippen MR) is 31.7 cm³/mol. The molecule has 0 aromatic rings. The normalized spacial score (nSPS) is 11.1. The summed E-state index contributed by atoms with van der Waals surface area (Å²) in [5.74, 6) is 0.565. The van der Waals surface area contributed by atoms with E-state index >= 15 is 0 Å². The van der Waals surface area contributed by atoms with Crippen LogP contribution in [0.1, 0.15) is 13.8 Å². The van der Waals surface area contributed by atoms with Crippen molar-refractivity contribution in [2.45, 2.75) is 13.8 Å². The lowest BCUT2D eigenvalue weighted by molar-refractivity contribution is 0.192. The van der Waals surface area contributed by atoms with Crippen LogP contribution in [0.5, 0.6) is 0 Å². The van der Waals surface area contributed by atoms with Crippen molar-refractivity contribution in [3.63, 3.8) is 0 Å². The summed E-state index contributed by atoms with van der Waals surface area (Å²) in [6.45, 7) is 4.28. The monoisotopic (exact) mass is 117 g/mol. The molecule has 0 unspecified atom stereocenters. The molecule has 0 aromatic carbocycles. The van der Waals surface area contributed by atoms with Gasteiger partial charge in [-0.2, -0.15) is 0 Å². The number of ether oxygens (including phenoxy) is 1. The minimum absolute atomic E-state index is 0.565. The number of nitrogens with zero attached hydrogens (tertiary/aromatic N) is 1. The summed E-state index contributed by atoms with van der Waals surface area (Å²) in [7, 11) is 1.49. The molecule has 3 nitrogen and oxygen atoms in total. The second kappa shape index (κ2) is 4.43. The van der Waals surface area contributed by atoms with Crippen LogP contribution in [0.3, 0.4) is 0 Å². The molecule has 0 saturated carbocycles. The first kappa shape index (κ1) is 7.27. The Morgan fingerprint density at radius 2 is 2.25 bits per heavy atom. The molecule has 0 heterocycles. The Morgan fingerprint density at radius 1 is 1.62 bits per heavy atom. The standard InChI is InChI=1S/C5H11NO2/c1-4-8-5(2)6-7-3/h4H2,1-3H3/b6-5+. The lowest BCUT2D eigenvalue weighted by atomic mass is 10.7. The SMILES string of the molecule is CCO/C(C)=N/OC. The van der Waals surface area contributed by atoms with E-state index < -0.39 is 0 Å². The number of hydrogen-bond donors (Lipinski definition) is 0. The summed E-state index contributed by atoms with van der Waals surface area (Å²) in [6, 6.07) is 0. The van der Waals surface area contributed by atoms with Gasteiger partial charge in [-0.1, -0.05) is 5.16 Å². The van der Waals surface area contributed by atoms with E-state index in [1.165, 1.54) is 7.11 Å². The molecule has 0 radical (unpaired) electrons. The maximum Gasteiger partial charge on any atom is 0.222 e. The predicted octanol–water partition coefficient (Wildman–Crippen LogP) is 1.00. The minimum atomic E-state index is 0.565. The average Bonchev–Trinajstić information content (AvgIpc) is 1.68. The molecule has 3 heteroatoms. The zero-order chi connectivity index (χ0) is 6.41. The van der Waals surface area contributed by atoms with E-state index in [9.17, 15) is 0 Å². The highest BCUT2D eigenvalue weighted by Crippen LogP contribution is 1.79. The van der Waals surface area contributed by atoms with E-state index in [0.717, 1.165) is 0 Å². The first-order valence-electron chi connectivity index (χ1n) is 2.51. The van der Waals surface area contributed by atoms with Crippen molar-refractivity contribution in [2.75, 3.05) is 13.7 Å². The molecule has 0 bridgehead atoms. The summed E-state index contributed by atoms with van der Waals surface area (Å²) in [5.41, 5.74) is 0. The van der Waals surface area contributed by atoms with Gasteiger partial charge in [0.2, 0.25) is 5.90 Å². The van der Waals surface area contributed by atoms with Crippen LogP contribution in [0.25, 0.3) is 0 Å². The van der Waals surface area contributed by atoms with Crippen LogP contribution in [0.2, 0.25) is 0 Å². The molecule has 0 atom stereocenters. The largest absolute Gasteiger partial charge is 0.479 e. The summed E-state index contributed by atoms with van der Waals surface area (Å²) in [5, 5.41) is 3.51. The Balaban J connectivity index is 3.29. The van der Waals surface area contributed by atoms with Gasteiger partial charge in [0.1, 0.15) is 7.11 Å². The molecule has 0 aliphatic carbocycles. The van der Waals surface area contributed by atoms with Gasteiger partial charge < -0.3 is 9.57 Å². The molecule has 0 aromatic heterocycles. The Hall–Kier alpha value is -0.730. The number of rotatable bonds is 2. The maximum atomic E-state index is 4.91. The fourth-order valence-corrected chi connectivity index (χ4v) is 0.364. The van der Waals surface area contributed by atoms with E-state index in [1.54, 1.807) is 6.92 Å². The van der Waals surface area contributed by atoms with Gasteiger partial charge >= 0.3 is 0 Å². The van der Waals surface area contributed by atoms with Crippen molar-refractivity contribution in [1.29, 1.82) is 0 Å². The van der Waals surface area contributed by atoms with Crippen molar-refractivity contribution in [2.24, 2.45) is 5.16 Å². The first-order valence-corrected chi connectivity index (χ1v) is 2.51. The molecule has 8 heavy (non-hydrogen) atoms. The summed E-state index contributed by atoms with van der Waals surface area (Å²) >= 11 is 0. The second-order valence-electron chi connectivity index (χ2n) is 1.23. The van der Waals surface area contributed by atoms with E-state index in [1.807, 2.05) is 6.92 Å². The average molecular weight is 117 g/mol. The number of hydrogen-bond acceptors (Lipinski definition) is 3. The molecule has 0 fully saturated rings. The highest BCUT2D eigenvalue weighted by molar-refractivity contribution is 5.72. The minimum Gasteiger partial charge on any atom is -0.479 e. The maximum absolute atomic E-state index is 4.91. The quantitative estimate of drug-likeness (QED) is 0.307. The van der Waals surface area contributed by atoms with Crippen molar-refractivity contribution < 1.29 is 9.57 Å². The van der Waals surface area contributed by atoms with Gasteiger partial charge in [-0.05, 0) is 6.92 Å². The van der Waals surface area contributed by atoms with Crippen molar-refractivity contribution in [3.8, 4) is 0 Å². The topological polar surface area (TPSA) is 30.8 Å². The molecule has 0 amide bonds. The molecule has 0 N–H and O–H groups in total. The van der Waals surface area contributed by atoms with Crippen LogP contribution in [-0.2, 0) is 9.57 Å². The molecular weight excluding hydrogens is 106 g/mol. The third-order valence-electron chi connectivity index (χ3n) is 0.573. The van der Waals surface area contributed by atoms with Crippen LogP contribution in [0, 0.1) is 0 Å². The van der Waals surface area contributed by atoms with Gasteiger partial charge in [-0.3, -0.25) is 0 Å². The Kier molecular flexibility index (Phi) is 4.03. The summed E-state index contributed by atoms with van der Waals surface area (Å²) in [6.07, 6.45) is 0. The molecule has 0 rings (SSSR count).